The fraction of sp³-hybridized carbons (Fsp3) is 0.500. The molecule has 0 bridgehead atoms. The first-order valence-electron chi connectivity index (χ1n) is 12.4. The first-order chi connectivity index (χ1) is 16.6. The van der Waals surface area contributed by atoms with Crippen LogP contribution in [0.5, 0.6) is 0 Å². The third-order valence-corrected chi connectivity index (χ3v) is 7.61. The summed E-state index contributed by atoms with van der Waals surface area (Å²) < 4.78 is 26.6. The zero-order chi connectivity index (χ0) is 27.3. The van der Waals surface area contributed by atoms with E-state index in [1.54, 1.807) is 19.1 Å². The lowest BCUT2D eigenvalue weighted by Gasteiger charge is -2.32. The molecule has 198 valence electrons. The van der Waals surface area contributed by atoms with Crippen LogP contribution in [-0.2, 0) is 31.6 Å². The first kappa shape index (κ1) is 29.4. The molecule has 0 aliphatic carbocycles. The molecule has 2 atom stereocenters. The number of hydrogen-bond donors (Lipinski definition) is 1. The number of anilines is 1. The van der Waals surface area contributed by atoms with Crippen LogP contribution in [0, 0.1) is 6.92 Å². The monoisotopic (exact) mass is 515 g/mol. The van der Waals surface area contributed by atoms with Gasteiger partial charge < -0.3 is 10.2 Å². The fourth-order valence-corrected chi connectivity index (χ4v) is 4.61. The molecule has 2 aromatic carbocycles. The van der Waals surface area contributed by atoms with Crippen molar-refractivity contribution < 1.29 is 18.0 Å². The standard InChI is InChI=1S/C28H41N3O4S/c1-9-21(3)29-27(33)22(4)30(18-23-13-11-10-12-20(23)2)26(32)19-31(36(8,34)35)25-16-14-24(15-17-25)28(5,6)7/h10-17,21-22H,9,18-19H2,1-8H3,(H,29,33)/t21-,22-/m0/s1. The van der Waals surface area contributed by atoms with E-state index in [-0.39, 0.29) is 23.9 Å². The van der Waals surface area contributed by atoms with Gasteiger partial charge in [0.2, 0.25) is 21.8 Å². The Morgan fingerprint density at radius 1 is 1.00 bits per heavy atom. The van der Waals surface area contributed by atoms with Gasteiger partial charge in [0.15, 0.2) is 0 Å². The van der Waals surface area contributed by atoms with E-state index in [1.807, 2.05) is 57.2 Å². The molecule has 1 N–H and O–H groups in total. The summed E-state index contributed by atoms with van der Waals surface area (Å²) in [5.41, 5.74) is 3.26. The van der Waals surface area contributed by atoms with E-state index < -0.39 is 28.5 Å². The summed E-state index contributed by atoms with van der Waals surface area (Å²) >= 11 is 0. The maximum atomic E-state index is 13.7. The predicted octanol–water partition coefficient (Wildman–Crippen LogP) is 4.39. The molecule has 8 heteroatoms. The Labute approximate surface area is 216 Å². The van der Waals surface area contributed by atoms with E-state index >= 15 is 0 Å². The van der Waals surface area contributed by atoms with Gasteiger partial charge in [0.25, 0.3) is 0 Å². The van der Waals surface area contributed by atoms with Crippen molar-refractivity contribution in [1.82, 2.24) is 10.2 Å². The number of nitrogens with one attached hydrogen (secondary N) is 1. The SMILES string of the molecule is CC[C@H](C)NC(=O)[C@H](C)N(Cc1ccccc1C)C(=O)CN(c1ccc(C(C)(C)C)cc1)S(C)(=O)=O. The number of carbonyl (C=O) groups is 2. The summed E-state index contributed by atoms with van der Waals surface area (Å²) in [6.07, 6.45) is 1.85. The highest BCUT2D eigenvalue weighted by molar-refractivity contribution is 7.92. The van der Waals surface area contributed by atoms with Gasteiger partial charge in [-0.3, -0.25) is 13.9 Å². The summed E-state index contributed by atoms with van der Waals surface area (Å²) in [5, 5.41) is 2.94. The van der Waals surface area contributed by atoms with Gasteiger partial charge in [-0.2, -0.15) is 0 Å². The average molecular weight is 516 g/mol. The zero-order valence-electron chi connectivity index (χ0n) is 22.8. The number of aryl methyl sites for hydroxylation is 1. The van der Waals surface area contributed by atoms with Gasteiger partial charge in [0.1, 0.15) is 12.6 Å². The number of hydrogen-bond acceptors (Lipinski definition) is 4. The van der Waals surface area contributed by atoms with Crippen molar-refractivity contribution in [3.8, 4) is 0 Å². The van der Waals surface area contributed by atoms with Gasteiger partial charge in [0.05, 0.1) is 11.9 Å². The zero-order valence-corrected chi connectivity index (χ0v) is 23.6. The van der Waals surface area contributed by atoms with Crippen LogP contribution in [0.15, 0.2) is 48.5 Å². The number of amides is 2. The lowest BCUT2D eigenvalue weighted by atomic mass is 9.87. The molecule has 0 spiro atoms. The highest BCUT2D eigenvalue weighted by Gasteiger charge is 2.30. The smallest absolute Gasteiger partial charge is 0.244 e. The minimum Gasteiger partial charge on any atom is -0.352 e. The molecule has 2 aromatic rings. The Morgan fingerprint density at radius 2 is 1.58 bits per heavy atom. The minimum absolute atomic E-state index is 0.0378. The lowest BCUT2D eigenvalue weighted by Crippen LogP contribution is -2.52. The van der Waals surface area contributed by atoms with Gasteiger partial charge in [-0.25, -0.2) is 8.42 Å². The number of sulfonamides is 1. The Hall–Kier alpha value is -2.87. The summed E-state index contributed by atoms with van der Waals surface area (Å²) in [6, 6.07) is 14.0. The number of carbonyl (C=O) groups excluding carboxylic acids is 2. The second-order valence-corrected chi connectivity index (χ2v) is 12.4. The van der Waals surface area contributed by atoms with Crippen molar-refractivity contribution in [2.45, 2.75) is 78.9 Å². The molecule has 0 saturated carbocycles. The van der Waals surface area contributed by atoms with Crippen LogP contribution in [0.25, 0.3) is 0 Å². The Bertz CT molecular complexity index is 1150. The topological polar surface area (TPSA) is 86.8 Å². The van der Waals surface area contributed by atoms with Crippen molar-refractivity contribution in [3.05, 3.63) is 65.2 Å². The van der Waals surface area contributed by atoms with Gasteiger partial charge in [0, 0.05) is 12.6 Å². The third kappa shape index (κ3) is 7.82. The molecular weight excluding hydrogens is 474 g/mol. The maximum absolute atomic E-state index is 13.7. The molecule has 0 unspecified atom stereocenters. The van der Waals surface area contributed by atoms with Crippen LogP contribution in [0.3, 0.4) is 0 Å². The quantitative estimate of drug-likeness (QED) is 0.508. The molecular formula is C28H41N3O4S. The molecule has 0 aliphatic rings. The van der Waals surface area contributed by atoms with E-state index in [0.29, 0.717) is 5.69 Å². The largest absolute Gasteiger partial charge is 0.352 e. The number of benzene rings is 2. The summed E-state index contributed by atoms with van der Waals surface area (Å²) in [4.78, 5) is 28.1. The predicted molar refractivity (Wildman–Crippen MR) is 146 cm³/mol. The average Bonchev–Trinajstić information content (AvgIpc) is 2.80. The van der Waals surface area contributed by atoms with Gasteiger partial charge in [-0.05, 0) is 61.4 Å². The van der Waals surface area contributed by atoms with Gasteiger partial charge in [-0.1, -0.05) is 64.1 Å². The van der Waals surface area contributed by atoms with Crippen LogP contribution >= 0.6 is 0 Å². The molecule has 0 saturated heterocycles. The van der Waals surface area contributed by atoms with Crippen molar-refractivity contribution in [3.63, 3.8) is 0 Å². The molecule has 36 heavy (non-hydrogen) atoms. The van der Waals surface area contributed by atoms with E-state index in [1.165, 1.54) is 4.90 Å². The normalized spacial score (nSPS) is 13.6. The molecule has 2 rings (SSSR count). The Balaban J connectivity index is 2.41. The van der Waals surface area contributed by atoms with Crippen molar-refractivity contribution >= 4 is 27.5 Å². The molecule has 7 nitrogen and oxygen atoms in total. The second-order valence-electron chi connectivity index (χ2n) is 10.5. The van der Waals surface area contributed by atoms with Crippen LogP contribution in [0.4, 0.5) is 5.69 Å². The summed E-state index contributed by atoms with van der Waals surface area (Å²) in [6.45, 7) is 13.5. The van der Waals surface area contributed by atoms with Crippen LogP contribution in [0.1, 0.15) is 64.7 Å². The van der Waals surface area contributed by atoms with Crippen molar-refractivity contribution in [1.29, 1.82) is 0 Å². The summed E-state index contributed by atoms with van der Waals surface area (Å²) in [7, 11) is -3.76. The van der Waals surface area contributed by atoms with Crippen LogP contribution < -0.4 is 9.62 Å². The first-order valence-corrected chi connectivity index (χ1v) is 14.2. The van der Waals surface area contributed by atoms with Crippen molar-refractivity contribution in [2.75, 3.05) is 17.1 Å². The molecule has 0 aliphatic heterocycles. The fourth-order valence-electron chi connectivity index (χ4n) is 3.76. The molecule has 0 heterocycles. The van der Waals surface area contributed by atoms with E-state index in [2.05, 4.69) is 26.1 Å². The number of nitrogens with zero attached hydrogens (tertiary/aromatic N) is 2. The molecule has 2 amide bonds. The highest BCUT2D eigenvalue weighted by atomic mass is 32.2. The number of rotatable bonds is 10. The summed E-state index contributed by atoms with van der Waals surface area (Å²) in [5.74, 6) is -0.720. The van der Waals surface area contributed by atoms with Crippen LogP contribution in [-0.4, -0.2) is 50.0 Å². The molecule has 0 aromatic heterocycles. The highest BCUT2D eigenvalue weighted by Crippen LogP contribution is 2.26. The molecule has 0 fully saturated rings. The lowest BCUT2D eigenvalue weighted by molar-refractivity contribution is -0.139. The van der Waals surface area contributed by atoms with E-state index in [9.17, 15) is 18.0 Å². The van der Waals surface area contributed by atoms with Crippen LogP contribution in [0.2, 0.25) is 0 Å². The molecule has 0 radical (unpaired) electrons. The second kappa shape index (κ2) is 11.9. The van der Waals surface area contributed by atoms with E-state index in [0.717, 1.165) is 33.7 Å². The Morgan fingerprint density at radius 3 is 2.08 bits per heavy atom. The third-order valence-electron chi connectivity index (χ3n) is 6.47. The van der Waals surface area contributed by atoms with E-state index in [4.69, 9.17) is 0 Å². The van der Waals surface area contributed by atoms with Crippen molar-refractivity contribution in [2.24, 2.45) is 0 Å². The van der Waals surface area contributed by atoms with Gasteiger partial charge in [-0.15, -0.1) is 0 Å². The maximum Gasteiger partial charge on any atom is 0.244 e. The minimum atomic E-state index is -3.76. The van der Waals surface area contributed by atoms with Gasteiger partial charge >= 0.3 is 0 Å². The Kier molecular flexibility index (Phi) is 9.71.